The van der Waals surface area contributed by atoms with Gasteiger partial charge in [0.2, 0.25) is 0 Å². The molecule has 1 saturated heterocycles. The third kappa shape index (κ3) is 7.04. The molecule has 1 fully saturated rings. The Kier molecular flexibility index (Phi) is 9.69. The highest BCUT2D eigenvalue weighted by atomic mass is 127. The van der Waals surface area contributed by atoms with Crippen LogP contribution in [0.25, 0.3) is 10.8 Å². The molecule has 2 aromatic carbocycles. The fraction of sp³-hybridized carbons (Fsp3) is 0.423. The van der Waals surface area contributed by atoms with E-state index in [4.69, 9.17) is 35.9 Å². The van der Waals surface area contributed by atoms with Crippen LogP contribution in [0.1, 0.15) is 33.9 Å². The number of carbonyl (C=O) groups is 1. The van der Waals surface area contributed by atoms with Crippen LogP contribution < -0.4 is 21.0 Å². The molecule has 222 valence electrons. The molecule has 0 aliphatic carbocycles. The van der Waals surface area contributed by atoms with Gasteiger partial charge in [-0.25, -0.2) is 9.36 Å². The number of aliphatic hydroxyl groups is 1. The van der Waals surface area contributed by atoms with Gasteiger partial charge in [-0.3, -0.25) is 13.9 Å². The molecule has 1 aliphatic rings. The Morgan fingerprint density at radius 1 is 1.29 bits per heavy atom. The van der Waals surface area contributed by atoms with Crippen molar-refractivity contribution in [2.45, 2.75) is 63.2 Å². The third-order valence-electron chi connectivity index (χ3n) is 6.34. The summed E-state index contributed by atoms with van der Waals surface area (Å²) in [5, 5.41) is 15.1. The van der Waals surface area contributed by atoms with Crippen molar-refractivity contribution < 1.29 is 33.0 Å². The van der Waals surface area contributed by atoms with Crippen LogP contribution in [-0.4, -0.2) is 56.5 Å². The molecule has 2 heterocycles. The summed E-state index contributed by atoms with van der Waals surface area (Å²) in [7, 11) is -4.32. The number of nitrogens with zero attached hydrogens (tertiary/aromatic N) is 2. The zero-order chi connectivity index (χ0) is 30.1. The van der Waals surface area contributed by atoms with Gasteiger partial charge in [0.15, 0.2) is 6.23 Å². The van der Waals surface area contributed by atoms with Crippen molar-refractivity contribution in [2.75, 3.05) is 12.3 Å². The first kappa shape index (κ1) is 31.7. The van der Waals surface area contributed by atoms with Gasteiger partial charge in [0.05, 0.1) is 16.3 Å². The Morgan fingerprint density at radius 3 is 2.68 bits per heavy atom. The molecule has 3 aromatic rings. The van der Waals surface area contributed by atoms with Crippen LogP contribution in [0.4, 0.5) is 5.82 Å². The number of hydrogen-bond donors (Lipinski definition) is 3. The molecule has 0 amide bonds. The number of esters is 1. The van der Waals surface area contributed by atoms with Crippen molar-refractivity contribution in [1.29, 1.82) is 0 Å². The molecular formula is C26H31ClIN4O8P. The highest BCUT2D eigenvalue weighted by Crippen LogP contribution is 2.49. The molecule has 12 nitrogen and oxygen atoms in total. The predicted molar refractivity (Wildman–Crippen MR) is 162 cm³/mol. The lowest BCUT2D eigenvalue weighted by Crippen LogP contribution is -2.42. The number of nitrogen functional groups attached to an aromatic ring is 1. The molecule has 15 heteroatoms. The smallest absolute Gasteiger partial charge is 0.459 e. The van der Waals surface area contributed by atoms with Crippen LogP contribution in [0.15, 0.2) is 53.5 Å². The van der Waals surface area contributed by atoms with Gasteiger partial charge in [0.1, 0.15) is 34.7 Å². The number of benzene rings is 2. The number of nitrogens with one attached hydrogen (secondary N) is 1. The summed E-state index contributed by atoms with van der Waals surface area (Å²) < 4.78 is 38.6. The number of aromatic nitrogens is 2. The number of halogens is 2. The fourth-order valence-electron chi connectivity index (χ4n) is 4.27. The molecule has 4 rings (SSSR count). The Morgan fingerprint density at radius 2 is 1.98 bits per heavy atom. The van der Waals surface area contributed by atoms with Crippen LogP contribution in [0, 0.1) is 3.57 Å². The van der Waals surface area contributed by atoms with Gasteiger partial charge in [-0.2, -0.15) is 10.1 Å². The molecule has 1 aliphatic heterocycles. The standard InChI is InChI=1S/C26H31ClIN4O8P/c1-14(2)38-23(34)15(3)31-41(36,40-19-11-7-9-16-8-5-6-10-17(16)19)37-13-20-21(33)26(4,27)24(39-20)32-12-18(28)22(29)30-25(32)35/h5-12,14-15,20-21,24,33H,13H2,1-4H3,(H,31,36)(H2,29,30,35)/t15-,20-,21-,24?,26-,41-/m1/s1. The molecule has 1 aromatic heterocycles. The summed E-state index contributed by atoms with van der Waals surface area (Å²) in [6, 6.07) is 11.4. The first-order chi connectivity index (χ1) is 19.2. The van der Waals surface area contributed by atoms with E-state index < -0.39 is 61.5 Å². The number of anilines is 1. The van der Waals surface area contributed by atoms with Crippen molar-refractivity contribution in [3.05, 3.63) is 62.7 Å². The molecule has 0 spiro atoms. The van der Waals surface area contributed by atoms with Crippen LogP contribution in [0.2, 0.25) is 0 Å². The Labute approximate surface area is 255 Å². The number of alkyl halides is 1. The molecule has 0 bridgehead atoms. The fourth-order valence-corrected chi connectivity index (χ4v) is 6.51. The number of carbonyl (C=O) groups excluding carboxylic acids is 1. The lowest BCUT2D eigenvalue weighted by molar-refractivity contribution is -0.149. The number of rotatable bonds is 10. The van der Waals surface area contributed by atoms with E-state index >= 15 is 0 Å². The first-order valence-electron chi connectivity index (χ1n) is 12.7. The lowest BCUT2D eigenvalue weighted by Gasteiger charge is -2.27. The van der Waals surface area contributed by atoms with E-state index in [0.29, 0.717) is 8.96 Å². The molecule has 1 unspecified atom stereocenters. The minimum Gasteiger partial charge on any atom is -0.462 e. The Balaban J connectivity index is 1.60. The van der Waals surface area contributed by atoms with E-state index in [1.165, 1.54) is 20.0 Å². The summed E-state index contributed by atoms with van der Waals surface area (Å²) in [6.07, 6.45) is -2.65. The molecular weight excluding hydrogens is 690 g/mol. The van der Waals surface area contributed by atoms with E-state index in [2.05, 4.69) is 10.1 Å². The van der Waals surface area contributed by atoms with Crippen LogP contribution in [-0.2, 0) is 23.4 Å². The molecule has 6 atom stereocenters. The van der Waals surface area contributed by atoms with E-state index in [0.717, 1.165) is 9.95 Å². The monoisotopic (exact) mass is 720 g/mol. The number of ether oxygens (including phenoxy) is 2. The molecule has 0 radical (unpaired) electrons. The summed E-state index contributed by atoms with van der Waals surface area (Å²) in [4.78, 5) is 27.4. The number of hydrogen-bond acceptors (Lipinski definition) is 10. The molecule has 4 N–H and O–H groups in total. The zero-order valence-corrected chi connectivity index (χ0v) is 26.5. The Hall–Kier alpha value is -2.26. The van der Waals surface area contributed by atoms with E-state index in [9.17, 15) is 19.3 Å². The average molecular weight is 721 g/mol. The number of fused-ring (bicyclic) bond motifs is 1. The van der Waals surface area contributed by atoms with Crippen molar-refractivity contribution in [2.24, 2.45) is 0 Å². The minimum absolute atomic E-state index is 0.0456. The maximum absolute atomic E-state index is 14.1. The quantitative estimate of drug-likeness (QED) is 0.120. The SMILES string of the molecule is CC(C)OC(=O)[C@@H](C)N[P@@](=O)(OC[C@H]1OC(n2cc(I)c(N)nc2=O)[C@](C)(Cl)[C@@H]1O)Oc1cccc2ccccc12. The van der Waals surface area contributed by atoms with Gasteiger partial charge in [0.25, 0.3) is 0 Å². The maximum Gasteiger partial charge on any atom is 0.459 e. The maximum atomic E-state index is 14.1. The van der Waals surface area contributed by atoms with Gasteiger partial charge < -0.3 is 24.8 Å². The minimum atomic E-state index is -4.32. The largest absolute Gasteiger partial charge is 0.462 e. The Bertz CT molecular complexity index is 1530. The van der Waals surface area contributed by atoms with Gasteiger partial charge in [-0.1, -0.05) is 36.4 Å². The van der Waals surface area contributed by atoms with Crippen molar-refractivity contribution in [3.63, 3.8) is 0 Å². The third-order valence-corrected chi connectivity index (χ3v) is 9.21. The number of aliphatic hydroxyl groups excluding tert-OH is 1. The normalized spacial score (nSPS) is 24.7. The highest BCUT2D eigenvalue weighted by molar-refractivity contribution is 14.1. The highest BCUT2D eigenvalue weighted by Gasteiger charge is 2.54. The van der Waals surface area contributed by atoms with Crippen molar-refractivity contribution in [3.8, 4) is 5.75 Å². The van der Waals surface area contributed by atoms with Gasteiger partial charge >= 0.3 is 19.4 Å². The van der Waals surface area contributed by atoms with E-state index in [1.54, 1.807) is 38.1 Å². The van der Waals surface area contributed by atoms with Crippen LogP contribution in [0.3, 0.4) is 0 Å². The van der Waals surface area contributed by atoms with Crippen molar-refractivity contribution in [1.82, 2.24) is 14.6 Å². The average Bonchev–Trinajstić information content (AvgIpc) is 3.13. The summed E-state index contributed by atoms with van der Waals surface area (Å²) in [6.45, 7) is 5.86. The molecule has 41 heavy (non-hydrogen) atoms. The second-order valence-corrected chi connectivity index (χ2v) is 13.7. The summed E-state index contributed by atoms with van der Waals surface area (Å²) in [5.41, 5.74) is 5.01. The van der Waals surface area contributed by atoms with Gasteiger partial charge in [0, 0.05) is 11.6 Å². The predicted octanol–water partition coefficient (Wildman–Crippen LogP) is 3.97. The van der Waals surface area contributed by atoms with E-state index in [1.807, 2.05) is 40.8 Å². The second kappa shape index (κ2) is 12.5. The zero-order valence-electron chi connectivity index (χ0n) is 22.7. The van der Waals surface area contributed by atoms with Gasteiger partial charge in [-0.05, 0) is 61.7 Å². The topological polar surface area (TPSA) is 164 Å². The summed E-state index contributed by atoms with van der Waals surface area (Å²) >= 11 is 8.58. The summed E-state index contributed by atoms with van der Waals surface area (Å²) in [5.74, 6) is -0.379. The lowest BCUT2D eigenvalue weighted by atomic mass is 10.0. The van der Waals surface area contributed by atoms with Gasteiger partial charge in [-0.15, -0.1) is 11.6 Å². The first-order valence-corrected chi connectivity index (χ1v) is 15.7. The van der Waals surface area contributed by atoms with Crippen LogP contribution >= 0.6 is 41.9 Å². The van der Waals surface area contributed by atoms with Crippen molar-refractivity contribution >= 4 is 64.5 Å². The molecule has 0 saturated carbocycles. The number of nitrogens with two attached hydrogens (primary N) is 1. The van der Waals surface area contributed by atoms with Crippen LogP contribution in [0.5, 0.6) is 5.75 Å². The second-order valence-electron chi connectivity index (χ2n) is 9.99. The van der Waals surface area contributed by atoms with E-state index in [-0.39, 0.29) is 11.6 Å².